The predicted octanol–water partition coefficient (Wildman–Crippen LogP) is 4.50. The van der Waals surface area contributed by atoms with Crippen LogP contribution in [0.15, 0.2) is 41.3 Å². The molecule has 2 nitrogen and oxygen atoms in total. The van der Waals surface area contributed by atoms with Crippen LogP contribution in [0.2, 0.25) is 0 Å². The van der Waals surface area contributed by atoms with Gasteiger partial charge in [-0.25, -0.2) is 4.39 Å². The lowest BCUT2D eigenvalue weighted by atomic mass is 10.2. The summed E-state index contributed by atoms with van der Waals surface area (Å²) in [5.74, 6) is -1.08. The van der Waals surface area contributed by atoms with Gasteiger partial charge in [0.15, 0.2) is 11.6 Å². The molecule has 0 aliphatic carbocycles. The summed E-state index contributed by atoms with van der Waals surface area (Å²) >= 11 is 6.59. The van der Waals surface area contributed by atoms with Crippen LogP contribution in [0.1, 0.15) is 12.5 Å². The van der Waals surface area contributed by atoms with Gasteiger partial charge in [0, 0.05) is 4.90 Å². The van der Waals surface area contributed by atoms with Gasteiger partial charge < -0.3 is 10.5 Å². The third-order valence-electron chi connectivity index (χ3n) is 2.67. The summed E-state index contributed by atoms with van der Waals surface area (Å²) < 4.78 is 32.4. The molecular formula is C15H13F2NOS2. The number of thioether (sulfide) groups is 1. The highest BCUT2D eigenvalue weighted by Gasteiger charge is 2.16. The molecular weight excluding hydrogens is 312 g/mol. The van der Waals surface area contributed by atoms with E-state index in [9.17, 15) is 8.78 Å². The Bertz CT molecular complexity index is 677. The number of hydrogen-bond acceptors (Lipinski definition) is 3. The lowest BCUT2D eigenvalue weighted by Gasteiger charge is -2.14. The first kappa shape index (κ1) is 15.7. The topological polar surface area (TPSA) is 35.2 Å². The van der Waals surface area contributed by atoms with Gasteiger partial charge >= 0.3 is 0 Å². The van der Waals surface area contributed by atoms with Crippen molar-refractivity contribution in [1.29, 1.82) is 0 Å². The molecule has 110 valence electrons. The minimum atomic E-state index is -1.04. The highest BCUT2D eigenvalue weighted by atomic mass is 32.2. The summed E-state index contributed by atoms with van der Waals surface area (Å²) in [6, 6.07) is 8.99. The van der Waals surface area contributed by atoms with E-state index in [4.69, 9.17) is 22.7 Å². The Morgan fingerprint density at radius 2 is 1.86 bits per heavy atom. The van der Waals surface area contributed by atoms with Crippen molar-refractivity contribution in [3.63, 3.8) is 0 Å². The highest BCUT2D eigenvalue weighted by Crippen LogP contribution is 2.34. The zero-order valence-corrected chi connectivity index (χ0v) is 12.9. The molecule has 2 aromatic carbocycles. The second-order valence-electron chi connectivity index (χ2n) is 4.08. The molecule has 6 heteroatoms. The third kappa shape index (κ3) is 3.51. The molecule has 21 heavy (non-hydrogen) atoms. The van der Waals surface area contributed by atoms with Crippen LogP contribution in [-0.4, -0.2) is 10.7 Å². The normalized spacial score (nSPS) is 10.4. The SMILES string of the molecule is CCSc1cccc(Oc2cccc(F)c2F)c1C(N)=S. The Kier molecular flexibility index (Phi) is 5.14. The number of nitrogens with two attached hydrogens (primary N) is 1. The summed E-state index contributed by atoms with van der Waals surface area (Å²) in [4.78, 5) is 0.998. The van der Waals surface area contributed by atoms with Gasteiger partial charge in [-0.15, -0.1) is 11.8 Å². The summed E-state index contributed by atoms with van der Waals surface area (Å²) in [5, 5.41) is 0. The average molecular weight is 325 g/mol. The Balaban J connectivity index is 2.46. The summed E-state index contributed by atoms with van der Waals surface area (Å²) in [5.41, 5.74) is 6.27. The van der Waals surface area contributed by atoms with Crippen LogP contribution in [0.25, 0.3) is 0 Å². The maximum atomic E-state index is 13.7. The maximum Gasteiger partial charge on any atom is 0.201 e. The highest BCUT2D eigenvalue weighted by molar-refractivity contribution is 7.99. The van der Waals surface area contributed by atoms with Crippen LogP contribution in [-0.2, 0) is 0 Å². The van der Waals surface area contributed by atoms with Crippen LogP contribution in [0, 0.1) is 11.6 Å². The van der Waals surface area contributed by atoms with E-state index in [-0.39, 0.29) is 10.7 Å². The fourth-order valence-electron chi connectivity index (χ4n) is 1.80. The van der Waals surface area contributed by atoms with Crippen molar-refractivity contribution in [2.24, 2.45) is 5.73 Å². The molecule has 2 N–H and O–H groups in total. The van der Waals surface area contributed by atoms with Crippen LogP contribution in [0.3, 0.4) is 0 Å². The molecule has 0 saturated carbocycles. The first-order valence-corrected chi connectivity index (χ1v) is 7.61. The predicted molar refractivity (Wildman–Crippen MR) is 85.2 cm³/mol. The number of benzene rings is 2. The van der Waals surface area contributed by atoms with Crippen molar-refractivity contribution in [1.82, 2.24) is 0 Å². The Hall–Kier alpha value is -1.66. The van der Waals surface area contributed by atoms with Gasteiger partial charge in [0.25, 0.3) is 0 Å². The monoisotopic (exact) mass is 325 g/mol. The molecule has 0 atom stereocenters. The second kappa shape index (κ2) is 6.87. The van der Waals surface area contributed by atoms with Gasteiger partial charge in [-0.1, -0.05) is 31.3 Å². The van der Waals surface area contributed by atoms with E-state index in [1.807, 2.05) is 13.0 Å². The zero-order valence-electron chi connectivity index (χ0n) is 11.2. The molecule has 0 aromatic heterocycles. The molecule has 0 aliphatic rings. The van der Waals surface area contributed by atoms with Crippen molar-refractivity contribution in [2.45, 2.75) is 11.8 Å². The Morgan fingerprint density at radius 3 is 2.52 bits per heavy atom. The molecule has 2 aromatic rings. The number of rotatable bonds is 5. The molecule has 0 aliphatic heterocycles. The Morgan fingerprint density at radius 1 is 1.19 bits per heavy atom. The third-order valence-corrected chi connectivity index (χ3v) is 3.81. The molecule has 2 rings (SSSR count). The van der Waals surface area contributed by atoms with E-state index in [2.05, 4.69) is 0 Å². The van der Waals surface area contributed by atoms with Gasteiger partial charge in [-0.05, 0) is 30.0 Å². The van der Waals surface area contributed by atoms with Crippen molar-refractivity contribution in [2.75, 3.05) is 5.75 Å². The average Bonchev–Trinajstić information content (AvgIpc) is 2.44. The van der Waals surface area contributed by atoms with Crippen LogP contribution < -0.4 is 10.5 Å². The summed E-state index contributed by atoms with van der Waals surface area (Å²) in [6.07, 6.45) is 0. The van der Waals surface area contributed by atoms with E-state index in [1.165, 1.54) is 12.1 Å². The van der Waals surface area contributed by atoms with Gasteiger partial charge in [-0.3, -0.25) is 0 Å². The van der Waals surface area contributed by atoms with E-state index >= 15 is 0 Å². The van der Waals surface area contributed by atoms with Gasteiger partial charge in [0.2, 0.25) is 5.82 Å². The molecule has 0 unspecified atom stereocenters. The van der Waals surface area contributed by atoms with Crippen LogP contribution in [0.5, 0.6) is 11.5 Å². The standard InChI is InChI=1S/C15H13F2NOS2/c1-2-21-12-8-4-6-10(13(12)15(18)20)19-11-7-3-5-9(16)14(11)17/h3-8H,2H2,1H3,(H2,18,20). The van der Waals surface area contributed by atoms with Crippen molar-refractivity contribution in [3.05, 3.63) is 53.6 Å². The number of halogens is 2. The van der Waals surface area contributed by atoms with E-state index in [1.54, 1.807) is 23.9 Å². The summed E-state index contributed by atoms with van der Waals surface area (Å²) in [6.45, 7) is 1.99. The smallest absolute Gasteiger partial charge is 0.201 e. The molecule has 0 radical (unpaired) electrons. The molecule has 0 saturated heterocycles. The zero-order chi connectivity index (χ0) is 15.4. The fourth-order valence-corrected chi connectivity index (χ4v) is 2.91. The largest absolute Gasteiger partial charge is 0.453 e. The molecule has 0 spiro atoms. The summed E-state index contributed by atoms with van der Waals surface area (Å²) in [7, 11) is 0. The van der Waals surface area contributed by atoms with Crippen LogP contribution >= 0.6 is 24.0 Å². The van der Waals surface area contributed by atoms with Crippen molar-refractivity contribution >= 4 is 29.0 Å². The number of ether oxygens (including phenoxy) is 1. The molecule has 0 bridgehead atoms. The minimum Gasteiger partial charge on any atom is -0.453 e. The van der Waals surface area contributed by atoms with Gasteiger partial charge in [0.1, 0.15) is 10.7 Å². The lowest BCUT2D eigenvalue weighted by molar-refractivity contribution is 0.415. The number of thiocarbonyl (C=S) groups is 1. The van der Waals surface area contributed by atoms with Gasteiger partial charge in [0.05, 0.1) is 5.56 Å². The molecule has 0 amide bonds. The maximum absolute atomic E-state index is 13.7. The van der Waals surface area contributed by atoms with E-state index < -0.39 is 11.6 Å². The number of hydrogen-bond donors (Lipinski definition) is 1. The van der Waals surface area contributed by atoms with E-state index in [0.29, 0.717) is 11.3 Å². The molecule has 0 heterocycles. The quantitative estimate of drug-likeness (QED) is 0.648. The van der Waals surface area contributed by atoms with Gasteiger partial charge in [-0.2, -0.15) is 4.39 Å². The minimum absolute atomic E-state index is 0.151. The van der Waals surface area contributed by atoms with Crippen molar-refractivity contribution < 1.29 is 13.5 Å². The Labute approximate surface area is 131 Å². The first-order chi connectivity index (χ1) is 10.0. The lowest BCUT2D eigenvalue weighted by Crippen LogP contribution is -2.12. The fraction of sp³-hybridized carbons (Fsp3) is 0.133. The second-order valence-corrected chi connectivity index (χ2v) is 5.83. The van der Waals surface area contributed by atoms with Crippen molar-refractivity contribution in [3.8, 4) is 11.5 Å². The molecule has 0 fully saturated rings. The van der Waals surface area contributed by atoms with Crippen LogP contribution in [0.4, 0.5) is 8.78 Å². The van der Waals surface area contributed by atoms with E-state index in [0.717, 1.165) is 16.7 Å². The first-order valence-electron chi connectivity index (χ1n) is 6.22.